The lowest BCUT2D eigenvalue weighted by Crippen LogP contribution is -1.88. The molecule has 9 heteroatoms. The third kappa shape index (κ3) is 20.5. The topological polar surface area (TPSA) is 64.5 Å². The monoisotopic (exact) mass is 749 g/mol. The first-order valence-corrected chi connectivity index (χ1v) is 20.9. The van der Waals surface area contributed by atoms with Gasteiger partial charge >= 0.3 is 0 Å². The second-order valence-corrected chi connectivity index (χ2v) is 16.7. The lowest BCUT2D eigenvalue weighted by molar-refractivity contribution is 0.823. The minimum atomic E-state index is 0.547. The van der Waals surface area contributed by atoms with Gasteiger partial charge in [0.2, 0.25) is 0 Å². The predicted molar refractivity (Wildman–Crippen MR) is 224 cm³/mol. The summed E-state index contributed by atoms with van der Waals surface area (Å²) in [6.45, 7) is 26.0. The molecule has 0 fully saturated rings. The van der Waals surface area contributed by atoms with E-state index in [2.05, 4.69) is 137 Å². The summed E-state index contributed by atoms with van der Waals surface area (Å²) in [5.74, 6) is 3.67. The minimum absolute atomic E-state index is 0.547. The van der Waals surface area contributed by atoms with Gasteiger partial charge in [0.05, 0.1) is 21.7 Å². The van der Waals surface area contributed by atoms with Crippen LogP contribution in [0.3, 0.4) is 0 Å². The van der Waals surface area contributed by atoms with Crippen molar-refractivity contribution in [2.24, 2.45) is 0 Å². The van der Waals surface area contributed by atoms with Gasteiger partial charge in [-0.3, -0.25) is 15.0 Å². The van der Waals surface area contributed by atoms with Crippen LogP contribution in [-0.4, -0.2) is 24.9 Å². The number of aromatic nitrogens is 5. The highest BCUT2D eigenvalue weighted by atomic mass is 32.1. The van der Waals surface area contributed by atoms with Gasteiger partial charge in [-0.25, -0.2) is 9.97 Å². The number of thiazole rings is 3. The Kier molecular flexibility index (Phi) is 24.0. The number of thiophene rings is 1. The van der Waals surface area contributed by atoms with Gasteiger partial charge in [-0.05, 0) is 64.8 Å². The second-order valence-electron chi connectivity index (χ2n) is 13.2. The summed E-state index contributed by atoms with van der Waals surface area (Å²) in [5.41, 5.74) is 7.41. The quantitative estimate of drug-likeness (QED) is 0.170. The van der Waals surface area contributed by atoms with Crippen LogP contribution in [0.1, 0.15) is 150 Å². The summed E-state index contributed by atoms with van der Waals surface area (Å²) < 4.78 is 0. The van der Waals surface area contributed by atoms with Crippen LogP contribution >= 0.6 is 45.3 Å². The largest absolute Gasteiger partial charge is 0.264 e. The Morgan fingerprint density at radius 3 is 1.46 bits per heavy atom. The average molecular weight is 750 g/mol. The van der Waals surface area contributed by atoms with Crippen molar-refractivity contribution < 1.29 is 0 Å². The van der Waals surface area contributed by atoms with Gasteiger partial charge in [-0.1, -0.05) is 101 Å². The van der Waals surface area contributed by atoms with Crippen LogP contribution in [0.2, 0.25) is 0 Å². The molecule has 50 heavy (non-hydrogen) atoms. The summed E-state index contributed by atoms with van der Waals surface area (Å²) in [6.07, 6.45) is 9.31. The van der Waals surface area contributed by atoms with Crippen LogP contribution < -0.4 is 0 Å². The molecule has 0 saturated heterocycles. The van der Waals surface area contributed by atoms with Crippen LogP contribution in [0.4, 0.5) is 0 Å². The fraction of sp³-hybridized carbons (Fsp3) is 0.439. The Hall–Kier alpha value is -3.11. The lowest BCUT2D eigenvalue weighted by Gasteiger charge is -2.00. The third-order valence-corrected chi connectivity index (χ3v) is 10.7. The zero-order valence-corrected chi connectivity index (χ0v) is 35.4. The summed E-state index contributed by atoms with van der Waals surface area (Å²) >= 11 is 6.93. The molecule has 0 unspecified atom stereocenters. The summed E-state index contributed by atoms with van der Waals surface area (Å²) in [7, 11) is 0. The standard InChI is InChI=1S/2C8H11N.C7H10S.3C6H9NS/c1-7(2)8-4-3-5-9-6-8;1-7(2)8-5-3-4-6-9-8;1-6(2)7-4-3-5-8-7;1-5(2)6-3-8-4-7-6;1-5(2)6-3-7-4-8-6;1-5(2)6-7-3-4-8-6/h2*3-7H,1-2H3;3-6H,1-2H3;3*3-5H,1-2H3. The first-order valence-electron chi connectivity index (χ1n) is 17.3. The zero-order valence-electron chi connectivity index (χ0n) is 32.1. The van der Waals surface area contributed by atoms with E-state index < -0.39 is 0 Å². The van der Waals surface area contributed by atoms with Crippen molar-refractivity contribution in [1.29, 1.82) is 0 Å². The average Bonchev–Trinajstić information content (AvgIpc) is 3.95. The molecule has 0 amide bonds. The van der Waals surface area contributed by atoms with Gasteiger partial charge in [0.1, 0.15) is 0 Å². The molecule has 6 heterocycles. The van der Waals surface area contributed by atoms with E-state index in [0.717, 1.165) is 5.69 Å². The van der Waals surface area contributed by atoms with Crippen molar-refractivity contribution in [3.05, 3.63) is 132 Å². The van der Waals surface area contributed by atoms with Gasteiger partial charge in [-0.2, -0.15) is 0 Å². The van der Waals surface area contributed by atoms with Crippen LogP contribution in [0.25, 0.3) is 0 Å². The van der Waals surface area contributed by atoms with Crippen molar-refractivity contribution >= 4 is 45.3 Å². The van der Waals surface area contributed by atoms with Crippen molar-refractivity contribution in [2.75, 3.05) is 0 Å². The maximum atomic E-state index is 4.18. The maximum Gasteiger partial charge on any atom is 0.0950 e. The Morgan fingerprint density at radius 2 is 1.18 bits per heavy atom. The van der Waals surface area contributed by atoms with Crippen LogP contribution in [0, 0.1) is 0 Å². The molecule has 272 valence electrons. The normalized spacial score (nSPS) is 10.3. The molecule has 0 saturated carbocycles. The molecule has 5 nitrogen and oxygen atoms in total. The molecule has 6 aromatic heterocycles. The van der Waals surface area contributed by atoms with Crippen molar-refractivity contribution in [1.82, 2.24) is 24.9 Å². The second kappa shape index (κ2) is 26.7. The van der Waals surface area contributed by atoms with E-state index in [1.54, 1.807) is 40.2 Å². The lowest BCUT2D eigenvalue weighted by atomic mass is 10.1. The summed E-state index contributed by atoms with van der Waals surface area (Å²) in [5, 5.41) is 7.44. The van der Waals surface area contributed by atoms with Gasteiger partial charge in [0, 0.05) is 63.1 Å². The van der Waals surface area contributed by atoms with E-state index in [0.29, 0.717) is 35.5 Å². The molecule has 0 atom stereocenters. The molecule has 0 radical (unpaired) electrons. The highest BCUT2D eigenvalue weighted by Crippen LogP contribution is 2.19. The molecular weight excluding hydrogens is 691 g/mol. The van der Waals surface area contributed by atoms with Crippen molar-refractivity contribution in [3.63, 3.8) is 0 Å². The fourth-order valence-corrected chi connectivity index (χ4v) is 6.34. The van der Waals surface area contributed by atoms with E-state index in [9.17, 15) is 0 Å². The molecule has 0 bridgehead atoms. The van der Waals surface area contributed by atoms with E-state index in [4.69, 9.17) is 0 Å². The number of hydrogen-bond acceptors (Lipinski definition) is 9. The number of rotatable bonds is 6. The SMILES string of the molecule is CC(C)c1ccccn1.CC(C)c1cccnc1.CC(C)c1cccs1.CC(C)c1cncs1.CC(C)c1cscn1.CC(C)c1nccs1. The van der Waals surface area contributed by atoms with E-state index in [1.165, 1.54) is 26.0 Å². The molecule has 6 aromatic rings. The molecule has 6 rings (SSSR count). The molecule has 0 aliphatic rings. The maximum absolute atomic E-state index is 4.18. The third-order valence-electron chi connectivity index (χ3n) is 6.75. The van der Waals surface area contributed by atoms with Crippen molar-refractivity contribution in [2.45, 2.75) is 119 Å². The molecule has 0 aromatic carbocycles. The molecule has 0 aliphatic carbocycles. The Labute approximate surface area is 319 Å². The first-order chi connectivity index (χ1) is 23.8. The molecular formula is C41H59N5S4. The Morgan fingerprint density at radius 1 is 0.460 bits per heavy atom. The predicted octanol–water partition coefficient (Wildman–Crippen LogP) is 14.1. The van der Waals surface area contributed by atoms with Gasteiger partial charge < -0.3 is 0 Å². The molecule has 0 N–H and O–H groups in total. The van der Waals surface area contributed by atoms with Gasteiger partial charge in [0.15, 0.2) is 0 Å². The van der Waals surface area contributed by atoms with Gasteiger partial charge in [0.25, 0.3) is 0 Å². The molecule has 0 spiro atoms. The summed E-state index contributed by atoms with van der Waals surface area (Å²) in [6, 6.07) is 14.3. The van der Waals surface area contributed by atoms with E-state index in [1.807, 2.05) is 76.8 Å². The first kappa shape index (κ1) is 44.9. The summed E-state index contributed by atoms with van der Waals surface area (Å²) in [4.78, 5) is 23.3. The van der Waals surface area contributed by atoms with Crippen LogP contribution in [0.15, 0.2) is 101 Å². The zero-order chi connectivity index (χ0) is 37.3. The fourth-order valence-electron chi connectivity index (χ4n) is 3.59. The Balaban J connectivity index is 0.000000300. The highest BCUT2D eigenvalue weighted by molar-refractivity contribution is 7.10. The van der Waals surface area contributed by atoms with Crippen molar-refractivity contribution in [3.8, 4) is 0 Å². The van der Waals surface area contributed by atoms with Crippen LogP contribution in [-0.2, 0) is 0 Å². The minimum Gasteiger partial charge on any atom is -0.264 e. The van der Waals surface area contributed by atoms with E-state index >= 15 is 0 Å². The molecule has 0 aliphatic heterocycles. The number of hydrogen-bond donors (Lipinski definition) is 0. The Bertz CT molecular complexity index is 1330. The number of nitrogens with zero attached hydrogens (tertiary/aromatic N) is 5. The van der Waals surface area contributed by atoms with Gasteiger partial charge in [-0.15, -0.1) is 45.3 Å². The van der Waals surface area contributed by atoms with Crippen LogP contribution in [0.5, 0.6) is 0 Å². The van der Waals surface area contributed by atoms with E-state index in [-0.39, 0.29) is 0 Å². The number of pyridine rings is 2. The highest BCUT2D eigenvalue weighted by Gasteiger charge is 2.00. The smallest absolute Gasteiger partial charge is 0.0950 e.